The number of hydrogen-bond acceptors (Lipinski definition) is 3. The summed E-state index contributed by atoms with van der Waals surface area (Å²) in [5, 5.41) is 10.2. The Hall–Kier alpha value is -1.06. The predicted octanol–water partition coefficient (Wildman–Crippen LogP) is 3.60. The third-order valence-electron chi connectivity index (χ3n) is 4.46. The molecule has 0 saturated heterocycles. The van der Waals surface area contributed by atoms with Gasteiger partial charge < -0.3 is 15.6 Å². The van der Waals surface area contributed by atoms with Crippen LogP contribution < -0.4 is 10.5 Å². The Morgan fingerprint density at radius 2 is 1.81 bits per heavy atom. The highest BCUT2D eigenvalue weighted by Gasteiger charge is 2.21. The van der Waals surface area contributed by atoms with Crippen molar-refractivity contribution in [3.8, 4) is 5.75 Å². The van der Waals surface area contributed by atoms with Crippen LogP contribution in [0.15, 0.2) is 6.07 Å². The fourth-order valence-corrected chi connectivity index (χ4v) is 3.06. The lowest BCUT2D eigenvalue weighted by Gasteiger charge is -2.25. The van der Waals surface area contributed by atoms with Crippen molar-refractivity contribution in [1.29, 1.82) is 0 Å². The lowest BCUT2D eigenvalue weighted by molar-refractivity contribution is 0.126. The van der Waals surface area contributed by atoms with E-state index < -0.39 is 6.10 Å². The van der Waals surface area contributed by atoms with E-state index in [0.717, 1.165) is 12.2 Å². The molecule has 3 N–H and O–H groups in total. The number of ether oxygens (including phenoxy) is 1. The van der Waals surface area contributed by atoms with Crippen LogP contribution in [0.2, 0.25) is 0 Å². The smallest absolute Gasteiger partial charge is 0.122 e. The topological polar surface area (TPSA) is 55.5 Å². The first-order valence-corrected chi connectivity index (χ1v) is 8.00. The average Bonchev–Trinajstić information content (AvgIpc) is 2.43. The van der Waals surface area contributed by atoms with Crippen LogP contribution >= 0.6 is 0 Å². The van der Waals surface area contributed by atoms with Crippen molar-refractivity contribution in [3.63, 3.8) is 0 Å². The number of hydrogen-bond donors (Lipinski definition) is 2. The molecule has 0 aliphatic carbocycles. The van der Waals surface area contributed by atoms with Crippen molar-refractivity contribution in [2.75, 3.05) is 6.61 Å². The van der Waals surface area contributed by atoms with Crippen LogP contribution in [0, 0.1) is 20.8 Å². The minimum Gasteiger partial charge on any atom is -0.494 e. The van der Waals surface area contributed by atoms with E-state index in [1.54, 1.807) is 0 Å². The summed E-state index contributed by atoms with van der Waals surface area (Å²) in [6.07, 6.45) is 1.05. The second-order valence-corrected chi connectivity index (χ2v) is 6.06. The maximum Gasteiger partial charge on any atom is 0.122 e. The molecule has 120 valence electrons. The number of rotatable bonds is 7. The maximum absolute atomic E-state index is 10.2. The van der Waals surface area contributed by atoms with Gasteiger partial charge in [0.15, 0.2) is 0 Å². The van der Waals surface area contributed by atoms with Gasteiger partial charge in [-0.3, -0.25) is 0 Å². The molecule has 1 aromatic rings. The van der Waals surface area contributed by atoms with E-state index in [4.69, 9.17) is 10.5 Å². The summed E-state index contributed by atoms with van der Waals surface area (Å²) in [4.78, 5) is 0. The minimum atomic E-state index is -0.448. The lowest BCUT2D eigenvalue weighted by atomic mass is 9.84. The van der Waals surface area contributed by atoms with Gasteiger partial charge in [-0.15, -0.1) is 0 Å². The van der Waals surface area contributed by atoms with Gasteiger partial charge in [-0.1, -0.05) is 13.8 Å². The third-order valence-corrected chi connectivity index (χ3v) is 4.46. The Balaban J connectivity index is 3.05. The van der Waals surface area contributed by atoms with Gasteiger partial charge in [0.2, 0.25) is 0 Å². The normalized spacial score (nSPS) is 15.6. The second kappa shape index (κ2) is 7.81. The fourth-order valence-electron chi connectivity index (χ4n) is 3.06. The van der Waals surface area contributed by atoms with Crippen LogP contribution in [0.25, 0.3) is 0 Å². The summed E-state index contributed by atoms with van der Waals surface area (Å²) in [5.74, 6) is 1.25. The number of benzene rings is 1. The molecule has 0 bridgehead atoms. The van der Waals surface area contributed by atoms with Crippen molar-refractivity contribution in [3.05, 3.63) is 28.3 Å². The Bertz CT molecular complexity index is 471. The summed E-state index contributed by atoms with van der Waals surface area (Å²) in [6.45, 7) is 13.2. The summed E-state index contributed by atoms with van der Waals surface area (Å²) in [5.41, 5.74) is 10.9. The first-order chi connectivity index (χ1) is 9.83. The standard InChI is InChI=1S/C18H31NO2/c1-7-15(19)16(20)9-11(3)18-12(4)10-17(21-8-2)13(5)14(18)6/h10-11,15-16,20H,7-9,19H2,1-6H3. The van der Waals surface area contributed by atoms with E-state index in [9.17, 15) is 5.11 Å². The highest BCUT2D eigenvalue weighted by molar-refractivity contribution is 5.49. The van der Waals surface area contributed by atoms with Crippen LogP contribution in [0.1, 0.15) is 61.8 Å². The van der Waals surface area contributed by atoms with Crippen LogP contribution in [-0.4, -0.2) is 23.9 Å². The molecular formula is C18H31NO2. The molecule has 0 aromatic heterocycles. The zero-order valence-corrected chi connectivity index (χ0v) is 14.4. The van der Waals surface area contributed by atoms with E-state index in [2.05, 4.69) is 33.8 Å². The monoisotopic (exact) mass is 293 g/mol. The molecule has 1 rings (SSSR count). The van der Waals surface area contributed by atoms with Gasteiger partial charge in [0, 0.05) is 6.04 Å². The molecule has 0 fully saturated rings. The Labute approximate surface area is 129 Å². The van der Waals surface area contributed by atoms with Crippen molar-refractivity contribution >= 4 is 0 Å². The molecular weight excluding hydrogens is 262 g/mol. The lowest BCUT2D eigenvalue weighted by Crippen LogP contribution is -2.34. The van der Waals surface area contributed by atoms with Gasteiger partial charge in [0.1, 0.15) is 5.75 Å². The van der Waals surface area contributed by atoms with Gasteiger partial charge in [0.05, 0.1) is 12.7 Å². The number of aryl methyl sites for hydroxylation is 1. The molecule has 0 aliphatic rings. The van der Waals surface area contributed by atoms with Gasteiger partial charge in [-0.2, -0.15) is 0 Å². The highest BCUT2D eigenvalue weighted by atomic mass is 16.5. The molecule has 3 atom stereocenters. The van der Waals surface area contributed by atoms with Crippen LogP contribution in [0.4, 0.5) is 0 Å². The molecule has 3 unspecified atom stereocenters. The van der Waals surface area contributed by atoms with Gasteiger partial charge in [-0.05, 0) is 74.8 Å². The summed E-state index contributed by atoms with van der Waals surface area (Å²) in [7, 11) is 0. The third kappa shape index (κ3) is 4.21. The Morgan fingerprint density at radius 3 is 2.33 bits per heavy atom. The zero-order valence-electron chi connectivity index (χ0n) is 14.4. The molecule has 0 aliphatic heterocycles. The summed E-state index contributed by atoms with van der Waals surface area (Å²) in [6, 6.07) is 1.97. The largest absolute Gasteiger partial charge is 0.494 e. The quantitative estimate of drug-likeness (QED) is 0.807. The highest BCUT2D eigenvalue weighted by Crippen LogP contribution is 2.34. The minimum absolute atomic E-state index is 0.142. The van der Waals surface area contributed by atoms with Gasteiger partial charge in [0.25, 0.3) is 0 Å². The molecule has 0 amide bonds. The second-order valence-electron chi connectivity index (χ2n) is 6.06. The fraction of sp³-hybridized carbons (Fsp3) is 0.667. The molecule has 3 nitrogen and oxygen atoms in total. The van der Waals surface area contributed by atoms with Crippen molar-refractivity contribution in [2.24, 2.45) is 5.73 Å². The average molecular weight is 293 g/mol. The molecule has 0 radical (unpaired) electrons. The van der Waals surface area contributed by atoms with Crippen LogP contribution in [-0.2, 0) is 0 Å². The molecule has 0 saturated carbocycles. The molecule has 0 heterocycles. The van der Waals surface area contributed by atoms with E-state index in [-0.39, 0.29) is 12.0 Å². The molecule has 0 spiro atoms. The van der Waals surface area contributed by atoms with Crippen molar-refractivity contribution < 1.29 is 9.84 Å². The van der Waals surface area contributed by atoms with E-state index >= 15 is 0 Å². The zero-order chi connectivity index (χ0) is 16.2. The van der Waals surface area contributed by atoms with Gasteiger partial charge >= 0.3 is 0 Å². The van der Waals surface area contributed by atoms with Crippen molar-refractivity contribution in [2.45, 2.75) is 72.4 Å². The SMILES string of the molecule is CCOc1cc(C)c(C(C)CC(O)C(N)CC)c(C)c1C. The van der Waals surface area contributed by atoms with Crippen LogP contribution in [0.5, 0.6) is 5.75 Å². The summed E-state index contributed by atoms with van der Waals surface area (Å²) >= 11 is 0. The van der Waals surface area contributed by atoms with Crippen LogP contribution in [0.3, 0.4) is 0 Å². The van der Waals surface area contributed by atoms with Crippen molar-refractivity contribution in [1.82, 2.24) is 0 Å². The first-order valence-electron chi connectivity index (χ1n) is 8.00. The van der Waals surface area contributed by atoms with E-state index in [0.29, 0.717) is 13.0 Å². The first kappa shape index (κ1) is 18.0. The Morgan fingerprint density at radius 1 is 1.19 bits per heavy atom. The summed E-state index contributed by atoms with van der Waals surface area (Å²) < 4.78 is 5.70. The molecule has 3 heteroatoms. The number of aliphatic hydroxyl groups is 1. The number of aliphatic hydroxyl groups excluding tert-OH is 1. The maximum atomic E-state index is 10.2. The van der Waals surface area contributed by atoms with Gasteiger partial charge in [-0.25, -0.2) is 0 Å². The predicted molar refractivity (Wildman–Crippen MR) is 89.1 cm³/mol. The molecule has 1 aromatic carbocycles. The van der Waals surface area contributed by atoms with E-state index in [1.807, 2.05) is 13.8 Å². The Kier molecular flexibility index (Phi) is 6.69. The number of nitrogens with two attached hydrogens (primary N) is 1. The molecule has 21 heavy (non-hydrogen) atoms. The van der Waals surface area contributed by atoms with E-state index in [1.165, 1.54) is 22.3 Å².